The van der Waals surface area contributed by atoms with Crippen molar-refractivity contribution in [2.24, 2.45) is 0 Å². The number of ether oxygens (including phenoxy) is 2. The van der Waals surface area contributed by atoms with E-state index in [9.17, 15) is 9.90 Å². The second-order valence-corrected chi connectivity index (χ2v) is 9.39. The number of benzene rings is 1. The first-order valence-corrected chi connectivity index (χ1v) is 12.8. The molecule has 204 valence electrons. The fourth-order valence-corrected chi connectivity index (χ4v) is 3.96. The number of unbranched alkanes of at least 4 members (excludes halogenated alkanes) is 1. The van der Waals surface area contributed by atoms with Crippen LogP contribution in [0.3, 0.4) is 0 Å². The molecule has 3 aromatic rings. The zero-order valence-corrected chi connectivity index (χ0v) is 22.9. The van der Waals surface area contributed by atoms with Gasteiger partial charge in [-0.2, -0.15) is 4.98 Å². The molecule has 10 heteroatoms. The fraction of sp³-hybridized carbons (Fsp3) is 0.429. The van der Waals surface area contributed by atoms with Crippen molar-refractivity contribution in [1.29, 1.82) is 0 Å². The van der Waals surface area contributed by atoms with Crippen molar-refractivity contribution in [2.75, 3.05) is 30.9 Å². The Morgan fingerprint density at radius 3 is 2.66 bits per heavy atom. The van der Waals surface area contributed by atoms with E-state index < -0.39 is 5.54 Å². The van der Waals surface area contributed by atoms with Gasteiger partial charge in [-0.15, -0.1) is 0 Å². The summed E-state index contributed by atoms with van der Waals surface area (Å²) in [6.45, 7) is 12.8. The number of aromatic hydroxyl groups is 1. The second kappa shape index (κ2) is 12.9. The number of methoxy groups -OCH3 is 1. The Morgan fingerprint density at radius 2 is 2.00 bits per heavy atom. The van der Waals surface area contributed by atoms with Gasteiger partial charge in [0, 0.05) is 43.4 Å². The molecule has 1 unspecified atom stereocenters. The number of hydrogen-bond acceptors (Lipinski definition) is 9. The molecule has 0 aliphatic rings. The van der Waals surface area contributed by atoms with Gasteiger partial charge in [0.1, 0.15) is 22.8 Å². The van der Waals surface area contributed by atoms with E-state index in [-0.39, 0.29) is 11.7 Å². The number of aromatic nitrogens is 3. The molecule has 0 saturated heterocycles. The highest BCUT2D eigenvalue weighted by molar-refractivity contribution is 5.88. The molecule has 0 aliphatic carbocycles. The van der Waals surface area contributed by atoms with E-state index in [1.807, 2.05) is 13.0 Å². The van der Waals surface area contributed by atoms with Crippen molar-refractivity contribution in [3.8, 4) is 11.5 Å². The van der Waals surface area contributed by atoms with Crippen molar-refractivity contribution >= 4 is 34.5 Å². The first-order valence-electron chi connectivity index (χ1n) is 12.8. The summed E-state index contributed by atoms with van der Waals surface area (Å²) in [5.74, 6) is 1.98. The highest BCUT2D eigenvalue weighted by Gasteiger charge is 2.26. The largest absolute Gasteiger partial charge is 0.507 e. The Labute approximate surface area is 223 Å². The van der Waals surface area contributed by atoms with Gasteiger partial charge in [-0.05, 0) is 38.5 Å². The lowest BCUT2D eigenvalue weighted by Crippen LogP contribution is -2.46. The van der Waals surface area contributed by atoms with Gasteiger partial charge in [-0.25, -0.2) is 9.97 Å². The van der Waals surface area contributed by atoms with Crippen molar-refractivity contribution in [2.45, 2.75) is 59.0 Å². The third-order valence-electron chi connectivity index (χ3n) is 6.14. The lowest BCUT2D eigenvalue weighted by molar-refractivity contribution is -0.119. The number of hydrogen-bond donors (Lipinski definition) is 4. The Bertz CT molecular complexity index is 1280. The number of nitrogens with one attached hydrogen (secondary N) is 3. The number of phenols is 1. The molecule has 2 heterocycles. The average Bonchev–Trinajstić information content (AvgIpc) is 2.90. The van der Waals surface area contributed by atoms with E-state index in [2.05, 4.69) is 46.3 Å². The van der Waals surface area contributed by atoms with Crippen LogP contribution in [0, 0.1) is 0 Å². The third-order valence-corrected chi connectivity index (χ3v) is 6.14. The Kier molecular flexibility index (Phi) is 9.70. The SMILES string of the molecule is C=C(OCC)c1cnc2c(NC(C)(CCCC)CNC(C)=O)nc(NCc3ccc(OC)cc3O)nc2c1. The zero-order chi connectivity index (χ0) is 27.7. The minimum atomic E-state index is -0.468. The van der Waals surface area contributed by atoms with E-state index in [1.165, 1.54) is 6.92 Å². The number of rotatable bonds is 14. The second-order valence-electron chi connectivity index (χ2n) is 9.39. The normalized spacial score (nSPS) is 12.4. The van der Waals surface area contributed by atoms with Gasteiger partial charge in [0.15, 0.2) is 5.82 Å². The molecule has 1 atom stereocenters. The Balaban J connectivity index is 2.01. The number of carbonyl (C=O) groups is 1. The molecule has 3 rings (SSSR count). The summed E-state index contributed by atoms with van der Waals surface area (Å²) in [5.41, 5.74) is 2.10. The van der Waals surface area contributed by atoms with Crippen LogP contribution in [0.5, 0.6) is 11.5 Å². The quantitative estimate of drug-likeness (QED) is 0.219. The lowest BCUT2D eigenvalue weighted by Gasteiger charge is -2.32. The van der Waals surface area contributed by atoms with Gasteiger partial charge in [-0.1, -0.05) is 26.3 Å². The summed E-state index contributed by atoms with van der Waals surface area (Å²) in [7, 11) is 1.55. The standard InChI is InChI=1S/C28H38N6O4/c1-7-9-12-28(5,17-31-19(4)35)34-26-25-23(13-21(16-29-25)18(3)38-8-2)32-27(33-26)30-15-20-10-11-22(37-6)14-24(20)36/h10-11,13-14,16,36H,3,7-9,12,15,17H2,1-2,4-6H3,(H,31,35)(H2,30,32,33,34). The predicted molar refractivity (Wildman–Crippen MR) is 150 cm³/mol. The summed E-state index contributed by atoms with van der Waals surface area (Å²) >= 11 is 0. The summed E-state index contributed by atoms with van der Waals surface area (Å²) in [6.07, 6.45) is 4.49. The highest BCUT2D eigenvalue weighted by Crippen LogP contribution is 2.29. The van der Waals surface area contributed by atoms with Crippen molar-refractivity contribution in [3.63, 3.8) is 0 Å². The number of fused-ring (bicyclic) bond motifs is 1. The van der Waals surface area contributed by atoms with Crippen molar-refractivity contribution in [3.05, 3.63) is 48.2 Å². The average molecular weight is 523 g/mol. The molecular weight excluding hydrogens is 484 g/mol. The number of amides is 1. The first-order chi connectivity index (χ1) is 18.2. The molecule has 1 aromatic carbocycles. The van der Waals surface area contributed by atoms with E-state index in [1.54, 1.807) is 31.5 Å². The fourth-order valence-electron chi connectivity index (χ4n) is 3.96. The van der Waals surface area contributed by atoms with Crippen LogP contribution in [-0.4, -0.2) is 51.8 Å². The highest BCUT2D eigenvalue weighted by atomic mass is 16.5. The van der Waals surface area contributed by atoms with E-state index in [0.717, 1.165) is 24.8 Å². The number of carbonyl (C=O) groups excluding carboxylic acids is 1. The van der Waals surface area contributed by atoms with Crippen molar-refractivity contribution in [1.82, 2.24) is 20.3 Å². The van der Waals surface area contributed by atoms with Gasteiger partial charge >= 0.3 is 0 Å². The van der Waals surface area contributed by atoms with Gasteiger partial charge in [0.2, 0.25) is 11.9 Å². The Hall–Kier alpha value is -4.08. The van der Waals surface area contributed by atoms with Gasteiger partial charge < -0.3 is 30.5 Å². The molecule has 0 bridgehead atoms. The minimum absolute atomic E-state index is 0.0964. The maximum absolute atomic E-state index is 11.7. The van der Waals surface area contributed by atoms with Gasteiger partial charge in [-0.3, -0.25) is 4.79 Å². The van der Waals surface area contributed by atoms with Crippen molar-refractivity contribution < 1.29 is 19.4 Å². The molecule has 38 heavy (non-hydrogen) atoms. The third kappa shape index (κ3) is 7.47. The van der Waals surface area contributed by atoms with E-state index >= 15 is 0 Å². The van der Waals surface area contributed by atoms with Crippen LogP contribution in [0.2, 0.25) is 0 Å². The summed E-state index contributed by atoms with van der Waals surface area (Å²) in [6, 6.07) is 6.98. The summed E-state index contributed by atoms with van der Waals surface area (Å²) < 4.78 is 10.7. The number of nitrogens with zero attached hydrogens (tertiary/aromatic N) is 3. The maximum atomic E-state index is 11.7. The molecule has 0 radical (unpaired) electrons. The van der Waals surface area contributed by atoms with Crippen LogP contribution in [0.4, 0.5) is 11.8 Å². The molecule has 0 saturated carbocycles. The molecule has 4 N–H and O–H groups in total. The summed E-state index contributed by atoms with van der Waals surface area (Å²) in [4.78, 5) is 25.8. The van der Waals surface area contributed by atoms with Crippen LogP contribution in [0.25, 0.3) is 16.8 Å². The molecule has 0 aliphatic heterocycles. The number of anilines is 2. The van der Waals surface area contributed by atoms with Crippen LogP contribution < -0.4 is 20.7 Å². The first kappa shape index (κ1) is 28.5. The smallest absolute Gasteiger partial charge is 0.225 e. The van der Waals surface area contributed by atoms with Crippen LogP contribution >= 0.6 is 0 Å². The molecule has 0 fully saturated rings. The molecule has 1 amide bonds. The Morgan fingerprint density at radius 1 is 1.21 bits per heavy atom. The minimum Gasteiger partial charge on any atom is -0.507 e. The molecule has 2 aromatic heterocycles. The van der Waals surface area contributed by atoms with E-state index in [0.29, 0.717) is 59.6 Å². The van der Waals surface area contributed by atoms with Crippen LogP contribution in [0.15, 0.2) is 37.0 Å². The predicted octanol–water partition coefficient (Wildman–Crippen LogP) is 4.86. The van der Waals surface area contributed by atoms with Crippen LogP contribution in [-0.2, 0) is 16.1 Å². The summed E-state index contributed by atoms with van der Waals surface area (Å²) in [5, 5.41) is 20.1. The maximum Gasteiger partial charge on any atom is 0.225 e. The molecular formula is C28H38N6O4. The zero-order valence-electron chi connectivity index (χ0n) is 22.9. The molecule has 0 spiro atoms. The molecule has 10 nitrogen and oxygen atoms in total. The van der Waals surface area contributed by atoms with E-state index in [4.69, 9.17) is 14.5 Å². The monoisotopic (exact) mass is 522 g/mol. The number of pyridine rings is 1. The van der Waals surface area contributed by atoms with Gasteiger partial charge in [0.05, 0.1) is 24.8 Å². The van der Waals surface area contributed by atoms with Crippen LogP contribution in [0.1, 0.15) is 58.1 Å². The van der Waals surface area contributed by atoms with Gasteiger partial charge in [0.25, 0.3) is 0 Å². The number of phenolic OH excluding ortho intramolecular Hbond substituents is 1. The lowest BCUT2D eigenvalue weighted by atomic mass is 9.94. The topological polar surface area (TPSA) is 131 Å².